The van der Waals surface area contributed by atoms with Crippen molar-refractivity contribution in [3.8, 4) is 0 Å². The second-order valence-electron chi connectivity index (χ2n) is 6.44. The Morgan fingerprint density at radius 1 is 0.931 bits per heavy atom. The maximum atomic E-state index is 13.2. The van der Waals surface area contributed by atoms with Crippen LogP contribution in [0.3, 0.4) is 0 Å². The van der Waals surface area contributed by atoms with Gasteiger partial charge in [-0.25, -0.2) is 0 Å². The van der Waals surface area contributed by atoms with Gasteiger partial charge >= 0.3 is 0 Å². The molecule has 1 N–H and O–H groups in total. The van der Waals surface area contributed by atoms with Crippen LogP contribution in [0.2, 0.25) is 5.02 Å². The molecule has 0 aromatic heterocycles. The number of likely N-dealkylation sites (N-methyl/N-ethyl adjacent to an activating group) is 1. The van der Waals surface area contributed by atoms with Crippen LogP contribution in [0.4, 0.5) is 5.69 Å². The zero-order chi connectivity index (χ0) is 20.6. The first-order chi connectivity index (χ1) is 14.0. The SMILES string of the molecule is CN(CC(=O)Nc1ccccc1Cl)C(=O)C(Sc1ccccc1)c1ccccc1. The van der Waals surface area contributed by atoms with E-state index in [0.717, 1.165) is 10.5 Å². The molecule has 4 nitrogen and oxygen atoms in total. The Hall–Kier alpha value is -2.76. The van der Waals surface area contributed by atoms with E-state index in [-0.39, 0.29) is 18.4 Å². The van der Waals surface area contributed by atoms with Gasteiger partial charge in [-0.1, -0.05) is 72.3 Å². The number of nitrogens with one attached hydrogen (secondary N) is 1. The number of carbonyl (C=O) groups is 2. The third-order valence-corrected chi connectivity index (χ3v) is 5.81. The minimum atomic E-state index is -0.447. The number of amides is 2. The van der Waals surface area contributed by atoms with E-state index in [9.17, 15) is 9.59 Å². The molecule has 0 heterocycles. The highest BCUT2D eigenvalue weighted by Gasteiger charge is 2.26. The molecule has 0 aliphatic rings. The van der Waals surface area contributed by atoms with E-state index in [0.29, 0.717) is 10.7 Å². The second kappa shape index (κ2) is 10.1. The fourth-order valence-corrected chi connectivity index (χ4v) is 4.11. The number of benzene rings is 3. The Balaban J connectivity index is 1.72. The average molecular weight is 425 g/mol. The van der Waals surface area contributed by atoms with Crippen LogP contribution >= 0.6 is 23.4 Å². The van der Waals surface area contributed by atoms with Crippen LogP contribution < -0.4 is 5.32 Å². The van der Waals surface area contributed by atoms with Crippen molar-refractivity contribution in [3.05, 3.63) is 95.5 Å². The van der Waals surface area contributed by atoms with Crippen molar-refractivity contribution in [2.24, 2.45) is 0 Å². The van der Waals surface area contributed by atoms with E-state index in [1.54, 1.807) is 31.3 Å². The minimum absolute atomic E-state index is 0.0667. The van der Waals surface area contributed by atoms with Crippen molar-refractivity contribution in [1.29, 1.82) is 0 Å². The fourth-order valence-electron chi connectivity index (χ4n) is 2.77. The Morgan fingerprint density at radius 2 is 1.52 bits per heavy atom. The van der Waals surface area contributed by atoms with Crippen LogP contribution in [0.5, 0.6) is 0 Å². The lowest BCUT2D eigenvalue weighted by Gasteiger charge is -2.23. The van der Waals surface area contributed by atoms with Gasteiger partial charge in [0, 0.05) is 11.9 Å². The van der Waals surface area contributed by atoms with Crippen molar-refractivity contribution < 1.29 is 9.59 Å². The van der Waals surface area contributed by atoms with Crippen molar-refractivity contribution in [2.75, 3.05) is 18.9 Å². The fraction of sp³-hybridized carbons (Fsp3) is 0.130. The molecule has 3 aromatic carbocycles. The quantitative estimate of drug-likeness (QED) is 0.525. The maximum absolute atomic E-state index is 13.2. The molecule has 3 aromatic rings. The summed E-state index contributed by atoms with van der Waals surface area (Å²) in [5.41, 5.74) is 1.42. The van der Waals surface area contributed by atoms with Crippen LogP contribution in [0, 0.1) is 0 Å². The molecule has 0 bridgehead atoms. The van der Waals surface area contributed by atoms with Gasteiger partial charge in [-0.2, -0.15) is 0 Å². The molecule has 0 radical (unpaired) electrons. The highest BCUT2D eigenvalue weighted by molar-refractivity contribution is 8.00. The molecule has 29 heavy (non-hydrogen) atoms. The Labute approximate surface area is 179 Å². The summed E-state index contributed by atoms with van der Waals surface area (Å²) in [6, 6.07) is 26.4. The van der Waals surface area contributed by atoms with Gasteiger partial charge in [0.15, 0.2) is 0 Å². The van der Waals surface area contributed by atoms with Gasteiger partial charge in [-0.3, -0.25) is 9.59 Å². The third-order valence-electron chi connectivity index (χ3n) is 4.23. The number of para-hydroxylation sites is 1. The van der Waals surface area contributed by atoms with Gasteiger partial charge in [0.2, 0.25) is 11.8 Å². The molecule has 3 rings (SSSR count). The van der Waals surface area contributed by atoms with Crippen LogP contribution in [0.15, 0.2) is 89.8 Å². The summed E-state index contributed by atoms with van der Waals surface area (Å²) in [6.07, 6.45) is 0. The smallest absolute Gasteiger partial charge is 0.244 e. The van der Waals surface area contributed by atoms with Crippen molar-refractivity contribution in [3.63, 3.8) is 0 Å². The summed E-state index contributed by atoms with van der Waals surface area (Å²) in [4.78, 5) is 28.1. The van der Waals surface area contributed by atoms with Gasteiger partial charge in [0.25, 0.3) is 0 Å². The van der Waals surface area contributed by atoms with Gasteiger partial charge in [-0.05, 0) is 29.8 Å². The predicted octanol–water partition coefficient (Wildman–Crippen LogP) is 5.27. The topological polar surface area (TPSA) is 49.4 Å². The number of carbonyl (C=O) groups excluding carboxylic acids is 2. The molecular weight excluding hydrogens is 404 g/mol. The lowest BCUT2D eigenvalue weighted by molar-refractivity contribution is -0.132. The van der Waals surface area contributed by atoms with Gasteiger partial charge < -0.3 is 10.2 Å². The maximum Gasteiger partial charge on any atom is 0.244 e. The van der Waals surface area contributed by atoms with Crippen molar-refractivity contribution in [1.82, 2.24) is 4.90 Å². The standard InChI is InChI=1S/C23H21ClN2O2S/c1-26(16-21(27)25-20-15-9-8-14-19(20)24)23(28)22(17-10-4-2-5-11-17)29-18-12-6-3-7-13-18/h2-15,22H,16H2,1H3,(H,25,27). The van der Waals surface area contributed by atoms with Crippen LogP contribution in [-0.4, -0.2) is 30.3 Å². The van der Waals surface area contributed by atoms with Crippen LogP contribution in [0.1, 0.15) is 10.8 Å². The van der Waals surface area contributed by atoms with Crippen LogP contribution in [-0.2, 0) is 9.59 Å². The molecule has 0 fully saturated rings. The number of nitrogens with zero attached hydrogens (tertiary/aromatic N) is 1. The normalized spacial score (nSPS) is 11.5. The summed E-state index contributed by atoms with van der Waals surface area (Å²) in [5.74, 6) is -0.440. The summed E-state index contributed by atoms with van der Waals surface area (Å²) in [7, 11) is 1.63. The molecule has 0 aliphatic heterocycles. The van der Waals surface area contributed by atoms with E-state index >= 15 is 0 Å². The first kappa shape index (κ1) is 21.0. The molecule has 6 heteroatoms. The molecule has 1 unspecified atom stereocenters. The Bertz CT molecular complexity index is 967. The third kappa shape index (κ3) is 5.86. The molecule has 2 amide bonds. The first-order valence-corrected chi connectivity index (χ1v) is 10.4. The number of rotatable bonds is 7. The van der Waals surface area contributed by atoms with E-state index < -0.39 is 5.25 Å². The average Bonchev–Trinajstić information content (AvgIpc) is 2.74. The Kier molecular flexibility index (Phi) is 7.33. The zero-order valence-electron chi connectivity index (χ0n) is 15.9. The van der Waals surface area contributed by atoms with Crippen molar-refractivity contribution >= 4 is 40.9 Å². The molecule has 0 saturated carbocycles. The molecule has 1 atom stereocenters. The lowest BCUT2D eigenvalue weighted by atomic mass is 10.1. The number of hydrogen-bond donors (Lipinski definition) is 1. The largest absolute Gasteiger partial charge is 0.335 e. The zero-order valence-corrected chi connectivity index (χ0v) is 17.5. The van der Waals surface area contributed by atoms with E-state index in [2.05, 4.69) is 5.32 Å². The summed E-state index contributed by atoms with van der Waals surface area (Å²) >= 11 is 7.56. The van der Waals surface area contributed by atoms with Crippen molar-refractivity contribution in [2.45, 2.75) is 10.1 Å². The molecule has 0 saturated heterocycles. The van der Waals surface area contributed by atoms with Gasteiger partial charge in [0.1, 0.15) is 5.25 Å². The summed E-state index contributed by atoms with van der Waals surface area (Å²) in [6.45, 7) is -0.0667. The van der Waals surface area contributed by atoms with Gasteiger partial charge in [0.05, 0.1) is 17.3 Å². The number of halogens is 1. The predicted molar refractivity (Wildman–Crippen MR) is 119 cm³/mol. The first-order valence-electron chi connectivity index (χ1n) is 9.10. The number of thioether (sulfide) groups is 1. The Morgan fingerprint density at radius 3 is 2.17 bits per heavy atom. The highest BCUT2D eigenvalue weighted by Crippen LogP contribution is 2.36. The van der Waals surface area contributed by atoms with E-state index in [1.165, 1.54) is 16.7 Å². The minimum Gasteiger partial charge on any atom is -0.335 e. The monoisotopic (exact) mass is 424 g/mol. The summed E-state index contributed by atoms with van der Waals surface area (Å²) < 4.78 is 0. The molecule has 148 valence electrons. The van der Waals surface area contributed by atoms with E-state index in [4.69, 9.17) is 11.6 Å². The van der Waals surface area contributed by atoms with Gasteiger partial charge in [-0.15, -0.1) is 11.8 Å². The molecule has 0 aliphatic carbocycles. The number of hydrogen-bond acceptors (Lipinski definition) is 3. The second-order valence-corrected chi connectivity index (χ2v) is 8.03. The number of anilines is 1. The molecular formula is C23H21ClN2O2S. The highest BCUT2D eigenvalue weighted by atomic mass is 35.5. The summed E-state index contributed by atoms with van der Waals surface area (Å²) in [5, 5.41) is 2.76. The van der Waals surface area contributed by atoms with E-state index in [1.807, 2.05) is 60.7 Å². The lowest BCUT2D eigenvalue weighted by Crippen LogP contribution is -2.37. The van der Waals surface area contributed by atoms with Crippen LogP contribution in [0.25, 0.3) is 0 Å². The molecule has 0 spiro atoms.